The van der Waals surface area contributed by atoms with Gasteiger partial charge in [0.1, 0.15) is 0 Å². The van der Waals surface area contributed by atoms with Crippen molar-refractivity contribution in [2.75, 3.05) is 33.7 Å². The quantitative estimate of drug-likeness (QED) is 0.854. The molecule has 1 fully saturated rings. The topological polar surface area (TPSA) is 50.3 Å². The molecule has 1 aromatic rings. The zero-order valence-corrected chi connectivity index (χ0v) is 12.6. The second-order valence-corrected chi connectivity index (χ2v) is 5.81. The van der Waals surface area contributed by atoms with Crippen LogP contribution in [0.1, 0.15) is 30.1 Å². The van der Waals surface area contributed by atoms with E-state index in [2.05, 4.69) is 42.1 Å². The molecule has 2 rings (SSSR count). The molecule has 0 saturated carbocycles. The van der Waals surface area contributed by atoms with Crippen molar-refractivity contribution < 1.29 is 0 Å². The number of hydrogen-bond donors (Lipinski definition) is 1. The van der Waals surface area contributed by atoms with E-state index in [1.54, 1.807) is 0 Å². The molecule has 19 heavy (non-hydrogen) atoms. The van der Waals surface area contributed by atoms with Crippen LogP contribution in [-0.4, -0.2) is 59.4 Å². The van der Waals surface area contributed by atoms with Gasteiger partial charge in [0.2, 0.25) is 0 Å². The molecule has 1 saturated heterocycles. The molecule has 2 atom stereocenters. The molecule has 0 radical (unpaired) electrons. The van der Waals surface area contributed by atoms with E-state index < -0.39 is 0 Å². The molecule has 0 aromatic carbocycles. The maximum Gasteiger partial charge on any atom is 0.0641 e. The highest BCUT2D eigenvalue weighted by atomic mass is 15.3. The number of nitrogens with two attached hydrogens (primary N) is 1. The van der Waals surface area contributed by atoms with E-state index in [1.807, 2.05) is 11.7 Å². The first-order valence-corrected chi connectivity index (χ1v) is 7.13. The van der Waals surface area contributed by atoms with Crippen molar-refractivity contribution in [3.63, 3.8) is 0 Å². The first kappa shape index (κ1) is 14.5. The summed E-state index contributed by atoms with van der Waals surface area (Å²) in [6.45, 7) is 5.00. The first-order valence-electron chi connectivity index (χ1n) is 7.13. The van der Waals surface area contributed by atoms with Crippen molar-refractivity contribution in [2.24, 2.45) is 12.8 Å². The molecular weight excluding hydrogens is 238 g/mol. The minimum Gasteiger partial charge on any atom is -0.329 e. The number of hydrogen-bond acceptors (Lipinski definition) is 4. The van der Waals surface area contributed by atoms with E-state index in [0.717, 1.165) is 12.2 Å². The largest absolute Gasteiger partial charge is 0.329 e. The molecule has 0 spiro atoms. The number of aryl methyl sites for hydroxylation is 2. The fourth-order valence-corrected chi connectivity index (χ4v) is 3.16. The van der Waals surface area contributed by atoms with Crippen molar-refractivity contribution in [3.8, 4) is 0 Å². The molecule has 1 aliphatic rings. The highest BCUT2D eigenvalue weighted by molar-refractivity contribution is 5.20. The average molecular weight is 265 g/mol. The highest BCUT2D eigenvalue weighted by Crippen LogP contribution is 2.23. The third-order valence-corrected chi connectivity index (χ3v) is 4.34. The van der Waals surface area contributed by atoms with Crippen molar-refractivity contribution in [1.29, 1.82) is 0 Å². The summed E-state index contributed by atoms with van der Waals surface area (Å²) < 4.78 is 1.88. The minimum atomic E-state index is 0.266. The summed E-state index contributed by atoms with van der Waals surface area (Å²) in [5.74, 6) is 0. The molecule has 0 amide bonds. The van der Waals surface area contributed by atoms with E-state index in [4.69, 9.17) is 5.73 Å². The van der Waals surface area contributed by atoms with Gasteiger partial charge in [0, 0.05) is 37.9 Å². The molecule has 5 nitrogen and oxygen atoms in total. The maximum absolute atomic E-state index is 6.00. The lowest BCUT2D eigenvalue weighted by Crippen LogP contribution is -2.40. The predicted molar refractivity (Wildman–Crippen MR) is 78.0 cm³/mol. The van der Waals surface area contributed by atoms with Crippen LogP contribution in [0.4, 0.5) is 0 Å². The van der Waals surface area contributed by atoms with Crippen LogP contribution in [0.25, 0.3) is 0 Å². The monoisotopic (exact) mass is 265 g/mol. The van der Waals surface area contributed by atoms with Crippen molar-refractivity contribution >= 4 is 0 Å². The summed E-state index contributed by atoms with van der Waals surface area (Å²) >= 11 is 0. The van der Waals surface area contributed by atoms with E-state index in [1.165, 1.54) is 24.9 Å². The van der Waals surface area contributed by atoms with Gasteiger partial charge in [-0.15, -0.1) is 0 Å². The van der Waals surface area contributed by atoms with E-state index in [0.29, 0.717) is 12.6 Å². The second-order valence-electron chi connectivity index (χ2n) is 5.81. The Kier molecular flexibility index (Phi) is 4.60. The standard InChI is InChI=1S/C14H27N5/c1-11-13(10-19(4)16-11)14(8-15)18(3)9-12-6-5-7-17(12)2/h10,12,14H,5-9,15H2,1-4H3. The van der Waals surface area contributed by atoms with Crippen LogP contribution in [-0.2, 0) is 7.05 Å². The highest BCUT2D eigenvalue weighted by Gasteiger charge is 2.26. The zero-order valence-electron chi connectivity index (χ0n) is 12.6. The predicted octanol–water partition coefficient (Wildman–Crippen LogP) is 0.754. The Bertz CT molecular complexity index is 414. The van der Waals surface area contributed by atoms with Gasteiger partial charge in [-0.3, -0.25) is 9.58 Å². The summed E-state index contributed by atoms with van der Waals surface area (Å²) in [5.41, 5.74) is 8.35. The Morgan fingerprint density at radius 2 is 2.26 bits per heavy atom. The third kappa shape index (κ3) is 3.16. The van der Waals surface area contributed by atoms with Crippen molar-refractivity contribution in [1.82, 2.24) is 19.6 Å². The molecule has 108 valence electrons. The van der Waals surface area contributed by atoms with Gasteiger partial charge < -0.3 is 10.6 Å². The van der Waals surface area contributed by atoms with Crippen LogP contribution >= 0.6 is 0 Å². The summed E-state index contributed by atoms with van der Waals surface area (Å²) in [7, 11) is 6.36. The summed E-state index contributed by atoms with van der Waals surface area (Å²) in [5, 5.41) is 4.43. The lowest BCUT2D eigenvalue weighted by atomic mass is 10.1. The molecule has 2 unspecified atom stereocenters. The second kappa shape index (κ2) is 6.03. The van der Waals surface area contributed by atoms with Crippen LogP contribution in [0, 0.1) is 6.92 Å². The van der Waals surface area contributed by atoms with Gasteiger partial charge in [0.05, 0.1) is 11.7 Å². The van der Waals surface area contributed by atoms with Gasteiger partial charge in [-0.2, -0.15) is 5.10 Å². The van der Waals surface area contributed by atoms with E-state index in [9.17, 15) is 0 Å². The molecule has 2 N–H and O–H groups in total. The Morgan fingerprint density at radius 3 is 2.74 bits per heavy atom. The average Bonchev–Trinajstić information content (AvgIpc) is 2.88. The Morgan fingerprint density at radius 1 is 1.53 bits per heavy atom. The number of nitrogens with zero attached hydrogens (tertiary/aromatic N) is 4. The lowest BCUT2D eigenvalue weighted by Gasteiger charge is -2.31. The summed E-state index contributed by atoms with van der Waals surface area (Å²) in [6.07, 6.45) is 4.71. The Labute approximate surface area is 116 Å². The maximum atomic E-state index is 6.00. The Balaban J connectivity index is 2.06. The van der Waals surface area contributed by atoms with Crippen molar-refractivity contribution in [2.45, 2.75) is 31.8 Å². The van der Waals surface area contributed by atoms with Gasteiger partial charge in [0.25, 0.3) is 0 Å². The van der Waals surface area contributed by atoms with Gasteiger partial charge in [-0.25, -0.2) is 0 Å². The van der Waals surface area contributed by atoms with E-state index >= 15 is 0 Å². The molecule has 0 aliphatic carbocycles. The molecule has 1 aromatic heterocycles. The molecule has 5 heteroatoms. The smallest absolute Gasteiger partial charge is 0.0641 e. The van der Waals surface area contributed by atoms with Crippen molar-refractivity contribution in [3.05, 3.63) is 17.5 Å². The van der Waals surface area contributed by atoms with Gasteiger partial charge in [0.15, 0.2) is 0 Å². The zero-order chi connectivity index (χ0) is 14.0. The van der Waals surface area contributed by atoms with Crippen LogP contribution in [0.5, 0.6) is 0 Å². The number of aromatic nitrogens is 2. The molecular formula is C14H27N5. The third-order valence-electron chi connectivity index (χ3n) is 4.34. The van der Waals surface area contributed by atoms with Gasteiger partial charge in [-0.1, -0.05) is 0 Å². The molecule has 2 heterocycles. The summed E-state index contributed by atoms with van der Waals surface area (Å²) in [4.78, 5) is 4.84. The van der Waals surface area contributed by atoms with Gasteiger partial charge in [-0.05, 0) is 40.4 Å². The van der Waals surface area contributed by atoms with Crippen LogP contribution < -0.4 is 5.73 Å². The molecule has 1 aliphatic heterocycles. The van der Waals surface area contributed by atoms with Crippen LogP contribution in [0.15, 0.2) is 6.20 Å². The summed E-state index contributed by atoms with van der Waals surface area (Å²) in [6, 6.07) is 0.929. The lowest BCUT2D eigenvalue weighted by molar-refractivity contribution is 0.179. The number of likely N-dealkylation sites (N-methyl/N-ethyl adjacent to an activating group) is 2. The van der Waals surface area contributed by atoms with Crippen LogP contribution in [0.3, 0.4) is 0 Å². The minimum absolute atomic E-state index is 0.266. The number of likely N-dealkylation sites (tertiary alicyclic amines) is 1. The molecule has 0 bridgehead atoms. The van der Waals surface area contributed by atoms with Gasteiger partial charge >= 0.3 is 0 Å². The van der Waals surface area contributed by atoms with E-state index in [-0.39, 0.29) is 6.04 Å². The van der Waals surface area contributed by atoms with Crippen LogP contribution in [0.2, 0.25) is 0 Å². The fourth-order valence-electron chi connectivity index (χ4n) is 3.16. The normalized spacial score (nSPS) is 22.3. The SMILES string of the molecule is Cc1nn(C)cc1C(CN)N(C)CC1CCCN1C. The number of rotatable bonds is 5. The Hall–Kier alpha value is -0.910. The first-order chi connectivity index (χ1) is 9.02. The fraction of sp³-hybridized carbons (Fsp3) is 0.786.